The third kappa shape index (κ3) is 4.34. The van der Waals surface area contributed by atoms with Gasteiger partial charge in [-0.05, 0) is 59.5 Å². The number of ether oxygens (including phenoxy) is 1. The van der Waals surface area contributed by atoms with Crippen LogP contribution in [0.15, 0.2) is 97.6 Å². The Kier molecular flexibility index (Phi) is 5.56. The van der Waals surface area contributed by atoms with E-state index in [9.17, 15) is 0 Å². The molecule has 32 heavy (non-hydrogen) atoms. The molecular weight excluding hydrogens is 416 g/mol. The second-order valence-electron chi connectivity index (χ2n) is 7.35. The van der Waals surface area contributed by atoms with Crippen molar-refractivity contribution in [3.63, 3.8) is 0 Å². The molecule has 0 aliphatic heterocycles. The normalized spacial score (nSPS) is 10.7. The summed E-state index contributed by atoms with van der Waals surface area (Å²) in [5.41, 5.74) is 2.79. The molecule has 156 valence electrons. The first-order chi connectivity index (χ1) is 15.8. The lowest BCUT2D eigenvalue weighted by Gasteiger charge is -2.25. The molecule has 0 fully saturated rings. The molecule has 0 radical (unpaired) electrons. The molecule has 0 aliphatic rings. The van der Waals surface area contributed by atoms with Crippen LogP contribution in [0.25, 0.3) is 10.1 Å². The number of anilines is 1. The smallest absolute Gasteiger partial charge is 0.121 e. The Morgan fingerprint density at radius 3 is 2.59 bits per heavy atom. The van der Waals surface area contributed by atoms with E-state index in [1.54, 1.807) is 23.9 Å². The van der Waals surface area contributed by atoms with Gasteiger partial charge in [0.15, 0.2) is 0 Å². The summed E-state index contributed by atoms with van der Waals surface area (Å²) in [7, 11) is 0. The molecule has 5 rings (SSSR count). The SMILES string of the molecule is N#Cc1ccc(N(Cc2cc3ccc(OCc4ccccc4)cc3s2)n2ccnc2)cc1. The lowest BCUT2D eigenvalue weighted by Crippen LogP contribution is -2.27. The van der Waals surface area contributed by atoms with E-state index in [0.29, 0.717) is 18.7 Å². The number of hydrogen-bond donors (Lipinski definition) is 0. The molecule has 5 nitrogen and oxygen atoms in total. The molecule has 6 heteroatoms. The minimum absolute atomic E-state index is 0.553. The summed E-state index contributed by atoms with van der Waals surface area (Å²) >= 11 is 1.75. The number of imidazole rings is 1. The van der Waals surface area contributed by atoms with Gasteiger partial charge in [0.25, 0.3) is 0 Å². The van der Waals surface area contributed by atoms with E-state index in [1.165, 1.54) is 15.0 Å². The first kappa shape index (κ1) is 19.9. The maximum atomic E-state index is 9.10. The fraction of sp³-hybridized carbons (Fsp3) is 0.0769. The van der Waals surface area contributed by atoms with Gasteiger partial charge in [0, 0.05) is 22.0 Å². The number of nitriles is 1. The quantitative estimate of drug-likeness (QED) is 0.313. The van der Waals surface area contributed by atoms with E-state index in [4.69, 9.17) is 10.00 Å². The molecule has 0 unspecified atom stereocenters. The zero-order chi connectivity index (χ0) is 21.8. The standard InChI is InChI=1S/C26H20N4OS/c27-16-20-6-9-23(10-7-20)30(29-13-12-28-19-29)17-25-14-22-8-11-24(15-26(22)32-25)31-18-21-4-2-1-3-5-21/h1-15,19H,17-18H2. The van der Waals surface area contributed by atoms with Crippen molar-refractivity contribution in [1.29, 1.82) is 5.26 Å². The fourth-order valence-electron chi connectivity index (χ4n) is 3.53. The minimum Gasteiger partial charge on any atom is -0.489 e. The van der Waals surface area contributed by atoms with Gasteiger partial charge in [-0.2, -0.15) is 5.26 Å². The Bertz CT molecular complexity index is 1350. The van der Waals surface area contributed by atoms with E-state index in [0.717, 1.165) is 17.0 Å². The summed E-state index contributed by atoms with van der Waals surface area (Å²) < 4.78 is 9.15. The monoisotopic (exact) mass is 436 g/mol. The topological polar surface area (TPSA) is 54.1 Å². The van der Waals surface area contributed by atoms with Crippen LogP contribution in [-0.4, -0.2) is 9.66 Å². The number of nitrogens with zero attached hydrogens (tertiary/aromatic N) is 4. The van der Waals surface area contributed by atoms with Crippen molar-refractivity contribution in [2.75, 3.05) is 5.01 Å². The molecule has 0 spiro atoms. The van der Waals surface area contributed by atoms with Gasteiger partial charge in [-0.15, -0.1) is 11.3 Å². The van der Waals surface area contributed by atoms with Gasteiger partial charge in [0.05, 0.1) is 23.9 Å². The second-order valence-corrected chi connectivity index (χ2v) is 8.51. The van der Waals surface area contributed by atoms with E-state index < -0.39 is 0 Å². The van der Waals surface area contributed by atoms with Gasteiger partial charge in [0.1, 0.15) is 18.7 Å². The van der Waals surface area contributed by atoms with E-state index in [2.05, 4.69) is 46.4 Å². The number of thiophene rings is 1. The number of fused-ring (bicyclic) bond motifs is 1. The summed E-state index contributed by atoms with van der Waals surface area (Å²) in [6.45, 7) is 1.24. The second kappa shape index (κ2) is 8.96. The first-order valence-electron chi connectivity index (χ1n) is 10.2. The maximum Gasteiger partial charge on any atom is 0.121 e. The summed E-state index contributed by atoms with van der Waals surface area (Å²) in [5.74, 6) is 0.869. The third-order valence-electron chi connectivity index (χ3n) is 5.16. The number of hydrogen-bond acceptors (Lipinski definition) is 5. The lowest BCUT2D eigenvalue weighted by molar-refractivity contribution is 0.306. The van der Waals surface area contributed by atoms with Crippen LogP contribution in [-0.2, 0) is 13.2 Å². The van der Waals surface area contributed by atoms with Crippen molar-refractivity contribution in [3.05, 3.63) is 114 Å². The van der Waals surface area contributed by atoms with Crippen molar-refractivity contribution >= 4 is 27.1 Å². The highest BCUT2D eigenvalue weighted by Crippen LogP contribution is 2.31. The summed E-state index contributed by atoms with van der Waals surface area (Å²) in [4.78, 5) is 5.42. The highest BCUT2D eigenvalue weighted by Gasteiger charge is 2.12. The van der Waals surface area contributed by atoms with Crippen molar-refractivity contribution < 1.29 is 4.74 Å². The molecule has 5 aromatic rings. The number of rotatable bonds is 7. The molecule has 0 atom stereocenters. The van der Waals surface area contributed by atoms with Crippen molar-refractivity contribution in [1.82, 2.24) is 9.66 Å². The van der Waals surface area contributed by atoms with Crippen LogP contribution >= 0.6 is 11.3 Å². The molecule has 2 heterocycles. The van der Waals surface area contributed by atoms with E-state index >= 15 is 0 Å². The van der Waals surface area contributed by atoms with Crippen LogP contribution in [0.2, 0.25) is 0 Å². The average Bonchev–Trinajstić information content (AvgIpc) is 3.51. The van der Waals surface area contributed by atoms with Gasteiger partial charge in [-0.3, -0.25) is 5.01 Å². The van der Waals surface area contributed by atoms with Gasteiger partial charge in [-0.25, -0.2) is 9.66 Å². The summed E-state index contributed by atoms with van der Waals surface area (Å²) in [5, 5.41) is 12.4. The number of aromatic nitrogens is 2. The van der Waals surface area contributed by atoms with Crippen LogP contribution in [0.5, 0.6) is 5.75 Å². The van der Waals surface area contributed by atoms with Gasteiger partial charge >= 0.3 is 0 Å². The Hall–Kier alpha value is -4.08. The minimum atomic E-state index is 0.553. The van der Waals surface area contributed by atoms with Crippen molar-refractivity contribution in [2.24, 2.45) is 0 Å². The highest BCUT2D eigenvalue weighted by atomic mass is 32.1. The summed E-state index contributed by atoms with van der Waals surface area (Å²) in [6.07, 6.45) is 5.46. The van der Waals surface area contributed by atoms with Gasteiger partial charge in [-0.1, -0.05) is 30.3 Å². The van der Waals surface area contributed by atoms with Crippen LogP contribution < -0.4 is 9.75 Å². The lowest BCUT2D eigenvalue weighted by atomic mass is 10.2. The molecule has 0 saturated carbocycles. The fourth-order valence-corrected chi connectivity index (χ4v) is 4.61. The molecule has 2 aromatic heterocycles. The summed E-state index contributed by atoms with van der Waals surface area (Å²) in [6, 6.07) is 28.4. The molecular formula is C26H20N4OS. The predicted molar refractivity (Wildman–Crippen MR) is 128 cm³/mol. The van der Waals surface area contributed by atoms with Gasteiger partial charge < -0.3 is 4.74 Å². The van der Waals surface area contributed by atoms with Crippen LogP contribution in [0, 0.1) is 11.3 Å². The predicted octanol–water partition coefficient (Wildman–Crippen LogP) is 6.02. The van der Waals surface area contributed by atoms with E-state index in [-0.39, 0.29) is 0 Å². The highest BCUT2D eigenvalue weighted by molar-refractivity contribution is 7.19. The third-order valence-corrected chi connectivity index (χ3v) is 6.24. The zero-order valence-electron chi connectivity index (χ0n) is 17.3. The molecule has 0 aliphatic carbocycles. The molecule has 0 saturated heterocycles. The van der Waals surface area contributed by atoms with Crippen LogP contribution in [0.3, 0.4) is 0 Å². The van der Waals surface area contributed by atoms with Crippen LogP contribution in [0.4, 0.5) is 5.69 Å². The van der Waals surface area contributed by atoms with Crippen LogP contribution in [0.1, 0.15) is 16.0 Å². The van der Waals surface area contributed by atoms with Crippen molar-refractivity contribution in [3.8, 4) is 11.8 Å². The average molecular weight is 437 g/mol. The van der Waals surface area contributed by atoms with E-state index in [1.807, 2.05) is 59.4 Å². The molecule has 3 aromatic carbocycles. The Morgan fingerprint density at radius 2 is 1.84 bits per heavy atom. The largest absolute Gasteiger partial charge is 0.489 e. The van der Waals surface area contributed by atoms with Gasteiger partial charge in [0.2, 0.25) is 0 Å². The Labute approximate surface area is 190 Å². The van der Waals surface area contributed by atoms with Crippen molar-refractivity contribution in [2.45, 2.75) is 13.2 Å². The zero-order valence-corrected chi connectivity index (χ0v) is 18.1. The first-order valence-corrected chi connectivity index (χ1v) is 11.1. The molecule has 0 amide bonds. The molecule has 0 bridgehead atoms. The maximum absolute atomic E-state index is 9.10. The number of benzene rings is 3. The Balaban J connectivity index is 1.38. The Morgan fingerprint density at radius 1 is 1.00 bits per heavy atom. The molecule has 0 N–H and O–H groups in total.